The zero-order valence-corrected chi connectivity index (χ0v) is 34.6. The van der Waals surface area contributed by atoms with Crippen LogP contribution in [0.3, 0.4) is 0 Å². The van der Waals surface area contributed by atoms with Crippen LogP contribution in [0, 0.1) is 17.8 Å². The van der Waals surface area contributed by atoms with Gasteiger partial charge in [0.1, 0.15) is 6.10 Å². The molecule has 1 rings (SSSR count). The molecule has 0 aromatic heterocycles. The van der Waals surface area contributed by atoms with E-state index in [0.717, 1.165) is 55.1 Å². The van der Waals surface area contributed by atoms with Gasteiger partial charge in [-0.2, -0.15) is 0 Å². The van der Waals surface area contributed by atoms with Gasteiger partial charge in [-0.1, -0.05) is 79.4 Å². The van der Waals surface area contributed by atoms with Gasteiger partial charge in [-0.3, -0.25) is 0 Å². The predicted octanol–water partition coefficient (Wildman–Crippen LogP) is 10.3. The SMILES string of the molecule is CC#CC(OC(C)C(=O)O)C1=C(O[Si](C)(C)C(C)(C)C)CC(O[Si](CC)(CC)CC)C1/C=C/CC(C)(CCCC)O[Si](C)(C)C. The lowest BCUT2D eigenvalue weighted by Crippen LogP contribution is -2.42. The lowest BCUT2D eigenvalue weighted by atomic mass is 9.91. The van der Waals surface area contributed by atoms with E-state index in [0.29, 0.717) is 6.42 Å². The van der Waals surface area contributed by atoms with Crippen LogP contribution in [-0.4, -0.2) is 59.9 Å². The highest BCUT2D eigenvalue weighted by Crippen LogP contribution is 2.46. The number of hydrogen-bond acceptors (Lipinski definition) is 5. The largest absolute Gasteiger partial charge is 0.546 e. The predicted molar refractivity (Wildman–Crippen MR) is 197 cm³/mol. The van der Waals surface area contributed by atoms with E-state index in [1.54, 1.807) is 13.8 Å². The topological polar surface area (TPSA) is 74.2 Å². The smallest absolute Gasteiger partial charge is 0.332 e. The molecule has 0 aromatic rings. The van der Waals surface area contributed by atoms with E-state index in [1.165, 1.54) is 0 Å². The van der Waals surface area contributed by atoms with Crippen LogP contribution < -0.4 is 0 Å². The van der Waals surface area contributed by atoms with E-state index in [-0.39, 0.29) is 22.7 Å². The van der Waals surface area contributed by atoms with Crippen molar-refractivity contribution in [2.24, 2.45) is 5.92 Å². The third-order valence-electron chi connectivity index (χ3n) is 9.74. The second-order valence-corrected chi connectivity index (χ2v) is 29.5. The van der Waals surface area contributed by atoms with Crippen LogP contribution in [0.4, 0.5) is 0 Å². The molecule has 0 heterocycles. The van der Waals surface area contributed by atoms with Gasteiger partial charge < -0.3 is 23.1 Å². The van der Waals surface area contributed by atoms with Crippen LogP contribution in [0.1, 0.15) is 101 Å². The summed E-state index contributed by atoms with van der Waals surface area (Å²) in [4.78, 5) is 12.0. The Morgan fingerprint density at radius 2 is 1.62 bits per heavy atom. The van der Waals surface area contributed by atoms with Gasteiger partial charge in [-0.25, -0.2) is 4.79 Å². The molecule has 9 heteroatoms. The summed E-state index contributed by atoms with van der Waals surface area (Å²) in [5.74, 6) is 5.99. The number of ether oxygens (including phenoxy) is 1. The van der Waals surface area contributed by atoms with Crippen molar-refractivity contribution < 1.29 is 27.9 Å². The highest BCUT2D eigenvalue weighted by atomic mass is 28.4. The van der Waals surface area contributed by atoms with Crippen LogP contribution in [-0.2, 0) is 22.8 Å². The number of hydrogen-bond donors (Lipinski definition) is 1. The third kappa shape index (κ3) is 12.4. The van der Waals surface area contributed by atoms with Gasteiger partial charge in [0.25, 0.3) is 0 Å². The fraction of sp³-hybridized carbons (Fsp3) is 0.806. The van der Waals surface area contributed by atoms with Crippen molar-refractivity contribution in [1.29, 1.82) is 0 Å². The summed E-state index contributed by atoms with van der Waals surface area (Å²) in [6, 6.07) is 3.14. The molecule has 0 fully saturated rings. The number of unbranched alkanes of at least 4 members (excludes halogenated alkanes) is 1. The molecule has 45 heavy (non-hydrogen) atoms. The minimum absolute atomic E-state index is 0.0133. The van der Waals surface area contributed by atoms with Gasteiger partial charge in [0.2, 0.25) is 8.32 Å². The average molecular weight is 681 g/mol. The fourth-order valence-corrected chi connectivity index (χ4v) is 11.5. The first kappa shape index (κ1) is 41.9. The van der Waals surface area contributed by atoms with E-state index < -0.39 is 43.1 Å². The maximum atomic E-state index is 12.0. The summed E-state index contributed by atoms with van der Waals surface area (Å²) in [5, 5.41) is 9.79. The Kier molecular flexibility index (Phi) is 16.1. The van der Waals surface area contributed by atoms with E-state index >= 15 is 0 Å². The Balaban J connectivity index is 3.89. The quantitative estimate of drug-likeness (QED) is 0.0831. The molecule has 0 radical (unpaired) electrons. The van der Waals surface area contributed by atoms with Gasteiger partial charge in [0.15, 0.2) is 22.7 Å². The summed E-state index contributed by atoms with van der Waals surface area (Å²) in [5.41, 5.74) is 0.679. The standard InChI is InChI=1S/C36H68O6Si3/c1-16-21-25-36(10,42-43(11,12)13)26-22-24-29-31(41-45(18-3,19-4)20-5)27-32(40-44(14,15)35(7,8)9)33(29)30(23-17-2)39-28(6)34(37)38/h22,24,28-31H,16,18-21,25-27H2,1-15H3,(H,37,38)/b24-22+. The van der Waals surface area contributed by atoms with Crippen LogP contribution >= 0.6 is 0 Å². The van der Waals surface area contributed by atoms with Crippen molar-refractivity contribution in [3.05, 3.63) is 23.5 Å². The average Bonchev–Trinajstić information content (AvgIpc) is 3.23. The first-order valence-corrected chi connectivity index (χ1v) is 26.2. The normalized spacial score (nSPS) is 21.0. The molecular formula is C36H68O6Si3. The summed E-state index contributed by atoms with van der Waals surface area (Å²) >= 11 is 0. The fourth-order valence-electron chi connectivity index (χ4n) is 5.89. The Morgan fingerprint density at radius 3 is 2.07 bits per heavy atom. The number of rotatable bonds is 19. The zero-order chi connectivity index (χ0) is 34.9. The van der Waals surface area contributed by atoms with Crippen LogP contribution in [0.2, 0.25) is 55.9 Å². The van der Waals surface area contributed by atoms with Crippen LogP contribution in [0.5, 0.6) is 0 Å². The van der Waals surface area contributed by atoms with Gasteiger partial charge in [-0.15, -0.1) is 5.92 Å². The number of carbonyl (C=O) groups is 1. The molecule has 0 aromatic carbocycles. The van der Waals surface area contributed by atoms with Crippen molar-refractivity contribution in [3.63, 3.8) is 0 Å². The number of carboxylic acids is 1. The molecule has 0 amide bonds. The Bertz CT molecular complexity index is 1060. The van der Waals surface area contributed by atoms with Gasteiger partial charge in [0, 0.05) is 17.9 Å². The molecule has 5 unspecified atom stereocenters. The maximum absolute atomic E-state index is 12.0. The van der Waals surface area contributed by atoms with E-state index in [4.69, 9.17) is 18.0 Å². The second-order valence-electron chi connectivity index (χ2n) is 15.7. The molecule has 0 spiro atoms. The lowest BCUT2D eigenvalue weighted by Gasteiger charge is -2.37. The molecule has 1 aliphatic carbocycles. The van der Waals surface area contributed by atoms with Gasteiger partial charge >= 0.3 is 5.97 Å². The maximum Gasteiger partial charge on any atom is 0.332 e. The summed E-state index contributed by atoms with van der Waals surface area (Å²) in [6.45, 7) is 32.6. The van der Waals surface area contributed by atoms with E-state index in [2.05, 4.69) is 112 Å². The third-order valence-corrected chi connectivity index (χ3v) is 19.9. The highest BCUT2D eigenvalue weighted by Gasteiger charge is 2.47. The van der Waals surface area contributed by atoms with Gasteiger partial charge in [-0.05, 0) is 89.5 Å². The molecule has 1 N–H and O–H groups in total. The summed E-state index contributed by atoms with van der Waals surface area (Å²) in [7, 11) is -6.03. The van der Waals surface area contributed by atoms with Crippen molar-refractivity contribution >= 4 is 30.9 Å². The van der Waals surface area contributed by atoms with Crippen LogP contribution in [0.15, 0.2) is 23.5 Å². The number of aliphatic carboxylic acids is 1. The Morgan fingerprint density at radius 1 is 1.04 bits per heavy atom. The molecule has 0 aliphatic heterocycles. The minimum Gasteiger partial charge on any atom is -0.546 e. The highest BCUT2D eigenvalue weighted by molar-refractivity contribution is 6.74. The van der Waals surface area contributed by atoms with E-state index in [9.17, 15) is 9.90 Å². The molecule has 1 aliphatic rings. The first-order valence-electron chi connectivity index (χ1n) is 17.4. The zero-order valence-electron chi connectivity index (χ0n) is 31.6. The molecular weight excluding hydrogens is 613 g/mol. The molecule has 260 valence electrons. The monoisotopic (exact) mass is 680 g/mol. The Labute approximate surface area is 280 Å². The molecule has 6 nitrogen and oxygen atoms in total. The lowest BCUT2D eigenvalue weighted by molar-refractivity contribution is -0.150. The summed E-state index contributed by atoms with van der Waals surface area (Å²) in [6.07, 6.45) is 7.38. The minimum atomic E-state index is -2.25. The first-order chi connectivity index (χ1) is 20.6. The molecule has 5 atom stereocenters. The molecule has 0 saturated heterocycles. The number of carboxylic acid groups (broad SMARTS) is 1. The van der Waals surface area contributed by atoms with Crippen molar-refractivity contribution in [3.8, 4) is 11.8 Å². The molecule has 0 saturated carbocycles. The van der Waals surface area contributed by atoms with Crippen molar-refractivity contribution in [1.82, 2.24) is 0 Å². The summed E-state index contributed by atoms with van der Waals surface area (Å²) < 4.78 is 27.4. The Hall–Kier alpha value is -1.16. The van der Waals surface area contributed by atoms with Gasteiger partial charge in [0.05, 0.1) is 17.5 Å². The molecule has 0 bridgehead atoms. The van der Waals surface area contributed by atoms with Crippen LogP contribution in [0.25, 0.3) is 0 Å². The van der Waals surface area contributed by atoms with Crippen molar-refractivity contribution in [2.45, 2.75) is 181 Å². The van der Waals surface area contributed by atoms with Crippen molar-refractivity contribution in [2.75, 3.05) is 0 Å². The van der Waals surface area contributed by atoms with E-state index in [1.807, 2.05) is 0 Å². The second kappa shape index (κ2) is 17.3.